The molecule has 1 saturated heterocycles. The number of hydrogen-bond acceptors (Lipinski definition) is 6. The minimum atomic E-state index is -3.56. The predicted octanol–water partition coefficient (Wildman–Crippen LogP) is 2.63. The molecule has 2 aromatic carbocycles. The molecule has 1 heterocycles. The molecule has 0 aliphatic carbocycles. The van der Waals surface area contributed by atoms with Crippen molar-refractivity contribution < 1.29 is 31.5 Å². The summed E-state index contributed by atoms with van der Waals surface area (Å²) in [4.78, 5) is 14.5. The van der Waals surface area contributed by atoms with Crippen LogP contribution in [0.25, 0.3) is 0 Å². The Morgan fingerprint density at radius 1 is 1.06 bits per heavy atom. The molecular formula is C21H25F2N3O5S. The summed E-state index contributed by atoms with van der Waals surface area (Å²) in [6, 6.07) is 12.4. The summed E-state index contributed by atoms with van der Waals surface area (Å²) in [5.41, 5.74) is 0.380. The van der Waals surface area contributed by atoms with Crippen molar-refractivity contribution in [1.29, 1.82) is 0 Å². The maximum absolute atomic E-state index is 12.7. The van der Waals surface area contributed by atoms with E-state index in [2.05, 4.69) is 10.1 Å². The number of rotatable bonds is 9. The topological polar surface area (TPSA) is 88.2 Å². The lowest BCUT2D eigenvalue weighted by Crippen LogP contribution is -2.50. The summed E-state index contributed by atoms with van der Waals surface area (Å²) in [5.74, 6) is -0.324. The molecule has 1 N–H and O–H groups in total. The summed E-state index contributed by atoms with van der Waals surface area (Å²) in [5, 5.41) is 2.70. The van der Waals surface area contributed by atoms with Crippen molar-refractivity contribution in [2.75, 3.05) is 44.6 Å². The van der Waals surface area contributed by atoms with Gasteiger partial charge in [-0.15, -0.1) is 0 Å². The molecule has 174 valence electrons. The third-order valence-corrected chi connectivity index (χ3v) is 6.74. The Balaban J connectivity index is 1.55. The highest BCUT2D eigenvalue weighted by Gasteiger charge is 2.28. The van der Waals surface area contributed by atoms with Crippen molar-refractivity contribution >= 4 is 21.6 Å². The number of piperazine rings is 1. The summed E-state index contributed by atoms with van der Waals surface area (Å²) in [7, 11) is -3.56. The highest BCUT2D eigenvalue weighted by molar-refractivity contribution is 7.89. The van der Waals surface area contributed by atoms with Crippen molar-refractivity contribution in [3.8, 4) is 11.5 Å². The van der Waals surface area contributed by atoms with Gasteiger partial charge >= 0.3 is 6.61 Å². The monoisotopic (exact) mass is 469 g/mol. The Bertz CT molecular complexity index is 1010. The molecule has 0 atom stereocenters. The van der Waals surface area contributed by atoms with E-state index in [1.54, 1.807) is 37.3 Å². The van der Waals surface area contributed by atoms with Crippen LogP contribution in [0.1, 0.15) is 6.92 Å². The fraction of sp³-hybridized carbons (Fsp3) is 0.381. The van der Waals surface area contributed by atoms with Crippen molar-refractivity contribution in [3.05, 3.63) is 48.5 Å². The number of nitrogens with zero attached hydrogens (tertiary/aromatic N) is 2. The van der Waals surface area contributed by atoms with Crippen LogP contribution in [-0.4, -0.2) is 69.5 Å². The fourth-order valence-electron chi connectivity index (χ4n) is 3.32. The van der Waals surface area contributed by atoms with Crippen molar-refractivity contribution in [2.24, 2.45) is 0 Å². The van der Waals surface area contributed by atoms with Gasteiger partial charge in [-0.25, -0.2) is 8.42 Å². The van der Waals surface area contributed by atoms with E-state index in [-0.39, 0.29) is 48.5 Å². The summed E-state index contributed by atoms with van der Waals surface area (Å²) in [6.45, 7) is 0.396. The molecule has 0 aromatic heterocycles. The molecule has 8 nitrogen and oxygen atoms in total. The first kappa shape index (κ1) is 23.9. The summed E-state index contributed by atoms with van der Waals surface area (Å²) in [6.07, 6.45) is 0. The van der Waals surface area contributed by atoms with E-state index >= 15 is 0 Å². The largest absolute Gasteiger partial charge is 0.490 e. The third kappa shape index (κ3) is 6.15. The van der Waals surface area contributed by atoms with Crippen LogP contribution in [0.15, 0.2) is 53.4 Å². The molecular weight excluding hydrogens is 444 g/mol. The van der Waals surface area contributed by atoms with Gasteiger partial charge in [0, 0.05) is 37.9 Å². The van der Waals surface area contributed by atoms with E-state index in [1.807, 2.05) is 4.90 Å². The maximum atomic E-state index is 12.7. The number of carbonyl (C=O) groups is 1. The van der Waals surface area contributed by atoms with E-state index in [0.29, 0.717) is 18.8 Å². The van der Waals surface area contributed by atoms with E-state index in [9.17, 15) is 22.0 Å². The van der Waals surface area contributed by atoms with Gasteiger partial charge in [-0.3, -0.25) is 9.69 Å². The molecule has 1 aliphatic heterocycles. The number of ether oxygens (including phenoxy) is 2. The molecule has 11 heteroatoms. The molecule has 1 amide bonds. The van der Waals surface area contributed by atoms with Crippen LogP contribution < -0.4 is 14.8 Å². The van der Waals surface area contributed by atoms with Gasteiger partial charge in [-0.1, -0.05) is 18.2 Å². The first-order valence-corrected chi connectivity index (χ1v) is 11.5. The second kappa shape index (κ2) is 10.7. The van der Waals surface area contributed by atoms with Gasteiger partial charge in [0.15, 0.2) is 11.5 Å². The second-order valence-corrected chi connectivity index (χ2v) is 8.95. The average Bonchev–Trinajstić information content (AvgIpc) is 2.76. The van der Waals surface area contributed by atoms with Crippen molar-refractivity contribution in [1.82, 2.24) is 9.21 Å². The van der Waals surface area contributed by atoms with E-state index in [1.165, 1.54) is 22.5 Å². The minimum absolute atomic E-state index is 0.0679. The fourth-order valence-corrected chi connectivity index (χ4v) is 4.76. The number of hydrogen-bond donors (Lipinski definition) is 1. The zero-order chi connectivity index (χ0) is 23.1. The number of carbonyl (C=O) groups excluding carboxylic acids is 1. The smallest absolute Gasteiger partial charge is 0.387 e. The van der Waals surface area contributed by atoms with Crippen molar-refractivity contribution in [2.45, 2.75) is 18.4 Å². The Morgan fingerprint density at radius 3 is 2.38 bits per heavy atom. The Kier molecular flexibility index (Phi) is 7.99. The molecule has 0 bridgehead atoms. The van der Waals surface area contributed by atoms with E-state index in [0.717, 1.165) is 0 Å². The molecule has 0 unspecified atom stereocenters. The molecule has 2 aromatic rings. The normalized spacial score (nSPS) is 15.5. The van der Waals surface area contributed by atoms with Crippen LogP contribution in [0.2, 0.25) is 0 Å². The van der Waals surface area contributed by atoms with Crippen LogP contribution in [0, 0.1) is 0 Å². The number of alkyl halides is 2. The van der Waals surface area contributed by atoms with Crippen LogP contribution in [0.3, 0.4) is 0 Å². The Hall–Kier alpha value is -2.76. The van der Waals surface area contributed by atoms with Gasteiger partial charge in [-0.2, -0.15) is 13.1 Å². The molecule has 3 rings (SSSR count). The van der Waals surface area contributed by atoms with E-state index in [4.69, 9.17) is 4.74 Å². The minimum Gasteiger partial charge on any atom is -0.490 e. The highest BCUT2D eigenvalue weighted by Crippen LogP contribution is 2.31. The first-order valence-electron chi connectivity index (χ1n) is 10.1. The lowest BCUT2D eigenvalue weighted by Gasteiger charge is -2.33. The molecule has 0 saturated carbocycles. The maximum Gasteiger partial charge on any atom is 0.387 e. The van der Waals surface area contributed by atoms with Gasteiger partial charge in [0.1, 0.15) is 0 Å². The van der Waals surface area contributed by atoms with Gasteiger partial charge < -0.3 is 14.8 Å². The first-order chi connectivity index (χ1) is 15.3. The van der Waals surface area contributed by atoms with Gasteiger partial charge in [0.25, 0.3) is 0 Å². The predicted molar refractivity (Wildman–Crippen MR) is 115 cm³/mol. The lowest BCUT2D eigenvalue weighted by molar-refractivity contribution is -0.117. The SMILES string of the molecule is CCOc1cc(NC(=O)CN2CCN(S(=O)(=O)c3ccccc3)CC2)ccc1OC(F)F. The Morgan fingerprint density at radius 2 is 1.75 bits per heavy atom. The standard InChI is InChI=1S/C21H25F2N3O5S/c1-2-30-19-14-16(8-9-18(19)31-21(22)23)24-20(27)15-25-10-12-26(13-11-25)32(28,29)17-6-4-3-5-7-17/h3-9,14,21H,2,10-13,15H2,1H3,(H,24,27). The quantitative estimate of drug-likeness (QED) is 0.608. The van der Waals surface area contributed by atoms with Crippen LogP contribution in [0.4, 0.5) is 14.5 Å². The van der Waals surface area contributed by atoms with Gasteiger partial charge in [-0.05, 0) is 31.2 Å². The summed E-state index contributed by atoms with van der Waals surface area (Å²) < 4.78 is 61.6. The van der Waals surface area contributed by atoms with Crippen LogP contribution in [-0.2, 0) is 14.8 Å². The molecule has 0 radical (unpaired) electrons. The lowest BCUT2D eigenvalue weighted by atomic mass is 10.2. The number of nitrogens with one attached hydrogen (secondary N) is 1. The molecule has 32 heavy (non-hydrogen) atoms. The average molecular weight is 470 g/mol. The molecule has 1 aliphatic rings. The third-order valence-electron chi connectivity index (χ3n) is 4.82. The summed E-state index contributed by atoms with van der Waals surface area (Å²) >= 11 is 0. The van der Waals surface area contributed by atoms with Gasteiger partial charge in [0.2, 0.25) is 15.9 Å². The number of anilines is 1. The zero-order valence-electron chi connectivity index (χ0n) is 17.5. The number of sulfonamides is 1. The van der Waals surface area contributed by atoms with Crippen molar-refractivity contribution in [3.63, 3.8) is 0 Å². The number of halogens is 2. The highest BCUT2D eigenvalue weighted by atomic mass is 32.2. The van der Waals surface area contributed by atoms with E-state index < -0.39 is 16.6 Å². The van der Waals surface area contributed by atoms with Crippen LogP contribution in [0.5, 0.6) is 11.5 Å². The number of benzene rings is 2. The van der Waals surface area contributed by atoms with Crippen LogP contribution >= 0.6 is 0 Å². The Labute approximate surface area is 185 Å². The second-order valence-electron chi connectivity index (χ2n) is 7.01. The molecule has 0 spiro atoms. The zero-order valence-corrected chi connectivity index (χ0v) is 18.4. The molecule has 1 fully saturated rings. The van der Waals surface area contributed by atoms with Gasteiger partial charge in [0.05, 0.1) is 18.0 Å². The number of amides is 1.